The van der Waals surface area contributed by atoms with E-state index in [1.807, 2.05) is 35.2 Å². The van der Waals surface area contributed by atoms with Crippen molar-refractivity contribution in [3.63, 3.8) is 0 Å². The van der Waals surface area contributed by atoms with Gasteiger partial charge in [-0.1, -0.05) is 15.9 Å². The van der Waals surface area contributed by atoms with Gasteiger partial charge in [0.2, 0.25) is 0 Å². The van der Waals surface area contributed by atoms with Crippen molar-refractivity contribution in [1.29, 1.82) is 0 Å². The predicted molar refractivity (Wildman–Crippen MR) is 66.4 cm³/mol. The molecule has 14 heavy (non-hydrogen) atoms. The van der Waals surface area contributed by atoms with Gasteiger partial charge in [0.1, 0.15) is 0 Å². The third kappa shape index (κ3) is 1.85. The second-order valence-electron chi connectivity index (χ2n) is 2.73. The highest BCUT2D eigenvalue weighted by Crippen LogP contribution is 2.25. The van der Waals surface area contributed by atoms with Gasteiger partial charge in [0.05, 0.1) is 5.69 Å². The molecule has 0 saturated carbocycles. The van der Waals surface area contributed by atoms with Gasteiger partial charge in [-0.15, -0.1) is 0 Å². The topological polar surface area (TPSA) is 20.7 Å². The summed E-state index contributed by atoms with van der Waals surface area (Å²) in [5.41, 5.74) is 1.03. The van der Waals surface area contributed by atoms with Crippen molar-refractivity contribution < 1.29 is 0 Å². The Hall–Kier alpha value is -0.390. The van der Waals surface area contributed by atoms with Crippen molar-refractivity contribution in [3.8, 4) is 5.69 Å². The summed E-state index contributed by atoms with van der Waals surface area (Å²) in [6, 6.07) is 5.97. The molecule has 0 bridgehead atoms. The van der Waals surface area contributed by atoms with E-state index >= 15 is 0 Å². The summed E-state index contributed by atoms with van der Waals surface area (Å²) in [7, 11) is 0. The molecular weight excluding hydrogens is 328 g/mol. The van der Waals surface area contributed by atoms with Crippen LogP contribution in [0, 0.1) is 4.77 Å². The number of aromatic amines is 1. The van der Waals surface area contributed by atoms with Crippen molar-refractivity contribution in [2.45, 2.75) is 0 Å². The average molecular weight is 334 g/mol. The van der Waals surface area contributed by atoms with Gasteiger partial charge in [0, 0.05) is 21.3 Å². The van der Waals surface area contributed by atoms with Gasteiger partial charge < -0.3 is 4.98 Å². The molecule has 2 aromatic rings. The summed E-state index contributed by atoms with van der Waals surface area (Å²) in [5.74, 6) is 0. The monoisotopic (exact) mass is 332 g/mol. The molecule has 2 nitrogen and oxygen atoms in total. The fourth-order valence-corrected chi connectivity index (χ4v) is 2.65. The van der Waals surface area contributed by atoms with Crippen molar-refractivity contribution in [1.82, 2.24) is 9.55 Å². The first-order valence-electron chi connectivity index (χ1n) is 3.90. The Balaban J connectivity index is 2.63. The number of aromatic nitrogens is 2. The molecule has 0 atom stereocenters. The summed E-state index contributed by atoms with van der Waals surface area (Å²) in [4.78, 5) is 2.95. The maximum atomic E-state index is 5.13. The van der Waals surface area contributed by atoms with E-state index in [9.17, 15) is 0 Å². The fraction of sp³-hybridized carbons (Fsp3) is 0. The molecule has 0 spiro atoms. The molecule has 2 rings (SSSR count). The number of H-pyrrole nitrogens is 1. The van der Waals surface area contributed by atoms with Crippen LogP contribution in [0.5, 0.6) is 0 Å². The molecule has 1 heterocycles. The molecule has 0 fully saturated rings. The molecule has 0 aliphatic carbocycles. The second-order valence-corrected chi connectivity index (χ2v) is 4.89. The van der Waals surface area contributed by atoms with Crippen LogP contribution in [-0.4, -0.2) is 9.55 Å². The zero-order valence-corrected chi connectivity index (χ0v) is 11.0. The Labute approximate surface area is 103 Å². The molecule has 0 unspecified atom stereocenters. The van der Waals surface area contributed by atoms with E-state index in [1.54, 1.807) is 0 Å². The van der Waals surface area contributed by atoms with Gasteiger partial charge in [-0.2, -0.15) is 0 Å². The zero-order valence-electron chi connectivity index (χ0n) is 7.00. The first-order valence-corrected chi connectivity index (χ1v) is 5.89. The Morgan fingerprint density at radius 1 is 1.29 bits per heavy atom. The molecule has 0 aliphatic heterocycles. The van der Waals surface area contributed by atoms with Crippen molar-refractivity contribution in [2.75, 3.05) is 0 Å². The molecule has 1 N–H and O–H groups in total. The third-order valence-electron chi connectivity index (χ3n) is 1.82. The Morgan fingerprint density at radius 2 is 2.07 bits per heavy atom. The van der Waals surface area contributed by atoms with Gasteiger partial charge in [-0.05, 0) is 46.3 Å². The second kappa shape index (κ2) is 4.00. The summed E-state index contributed by atoms with van der Waals surface area (Å²) in [6.07, 6.45) is 3.72. The van der Waals surface area contributed by atoms with Crippen molar-refractivity contribution in [3.05, 3.63) is 44.3 Å². The average Bonchev–Trinajstić information content (AvgIpc) is 2.52. The highest BCUT2D eigenvalue weighted by atomic mass is 79.9. The number of imidazole rings is 1. The number of nitrogens with one attached hydrogen (secondary N) is 1. The lowest BCUT2D eigenvalue weighted by atomic mass is 10.3. The Kier molecular flexibility index (Phi) is 2.90. The van der Waals surface area contributed by atoms with E-state index in [1.165, 1.54) is 0 Å². The van der Waals surface area contributed by atoms with Gasteiger partial charge in [-0.25, -0.2) is 0 Å². The Morgan fingerprint density at radius 3 is 2.64 bits per heavy atom. The lowest BCUT2D eigenvalue weighted by Crippen LogP contribution is -1.92. The van der Waals surface area contributed by atoms with Crippen LogP contribution in [0.3, 0.4) is 0 Å². The summed E-state index contributed by atoms with van der Waals surface area (Å²) >= 11 is 12.0. The molecule has 5 heteroatoms. The largest absolute Gasteiger partial charge is 0.337 e. The van der Waals surface area contributed by atoms with Crippen molar-refractivity contribution in [2.24, 2.45) is 0 Å². The lowest BCUT2D eigenvalue weighted by molar-refractivity contribution is 1.02. The van der Waals surface area contributed by atoms with E-state index in [0.29, 0.717) is 4.77 Å². The third-order valence-corrected chi connectivity index (χ3v) is 3.26. The highest BCUT2D eigenvalue weighted by Gasteiger charge is 2.02. The van der Waals surface area contributed by atoms with Crippen LogP contribution in [0.25, 0.3) is 5.69 Å². The highest BCUT2D eigenvalue weighted by molar-refractivity contribution is 9.11. The van der Waals surface area contributed by atoms with Crippen LogP contribution in [0.15, 0.2) is 39.5 Å². The maximum Gasteiger partial charge on any atom is 0.181 e. The molecule has 1 aromatic heterocycles. The van der Waals surface area contributed by atoms with Crippen LogP contribution >= 0.6 is 44.1 Å². The number of hydrogen-bond donors (Lipinski definition) is 1. The molecule has 1 aromatic carbocycles. The first-order chi connectivity index (χ1) is 6.68. The van der Waals surface area contributed by atoms with E-state index in [-0.39, 0.29) is 0 Å². The number of hydrogen-bond acceptors (Lipinski definition) is 1. The predicted octanol–water partition coefficient (Wildman–Crippen LogP) is 4.06. The molecule has 0 saturated heterocycles. The molecule has 72 valence electrons. The quantitative estimate of drug-likeness (QED) is 0.780. The SMILES string of the molecule is S=c1[nH]ccn1-c1ccc(Br)cc1Br. The summed E-state index contributed by atoms with van der Waals surface area (Å²) in [5, 5.41) is 0. The van der Waals surface area contributed by atoms with Gasteiger partial charge >= 0.3 is 0 Å². The van der Waals surface area contributed by atoms with Crippen LogP contribution in [-0.2, 0) is 0 Å². The van der Waals surface area contributed by atoms with E-state index < -0.39 is 0 Å². The summed E-state index contributed by atoms with van der Waals surface area (Å²) in [6.45, 7) is 0. The normalized spacial score (nSPS) is 10.4. The number of benzene rings is 1. The number of nitrogens with zero attached hydrogens (tertiary/aromatic N) is 1. The van der Waals surface area contributed by atoms with Gasteiger partial charge in [-0.3, -0.25) is 4.57 Å². The van der Waals surface area contributed by atoms with Crippen LogP contribution in [0.4, 0.5) is 0 Å². The van der Waals surface area contributed by atoms with Crippen LogP contribution in [0.2, 0.25) is 0 Å². The minimum absolute atomic E-state index is 0.688. The van der Waals surface area contributed by atoms with Gasteiger partial charge in [0.25, 0.3) is 0 Å². The van der Waals surface area contributed by atoms with E-state index in [4.69, 9.17) is 12.2 Å². The van der Waals surface area contributed by atoms with Crippen molar-refractivity contribution >= 4 is 44.1 Å². The smallest absolute Gasteiger partial charge is 0.181 e. The van der Waals surface area contributed by atoms with E-state index in [2.05, 4.69) is 36.8 Å². The number of halogens is 2. The molecule has 0 radical (unpaired) electrons. The van der Waals surface area contributed by atoms with Gasteiger partial charge in [0.15, 0.2) is 4.77 Å². The van der Waals surface area contributed by atoms with Crippen LogP contribution < -0.4 is 0 Å². The first kappa shape index (κ1) is 10.1. The molecule has 0 amide bonds. The Bertz CT molecular complexity index is 516. The maximum absolute atomic E-state index is 5.13. The number of rotatable bonds is 1. The fourth-order valence-electron chi connectivity index (χ4n) is 1.19. The van der Waals surface area contributed by atoms with Crippen LogP contribution in [0.1, 0.15) is 0 Å². The minimum Gasteiger partial charge on any atom is -0.337 e. The molecular formula is C9H6Br2N2S. The standard InChI is InChI=1S/C9H6Br2N2S/c10-6-1-2-8(7(11)5-6)13-4-3-12-9(13)14/h1-5H,(H,12,14). The summed E-state index contributed by atoms with van der Waals surface area (Å²) < 4.78 is 4.64. The minimum atomic E-state index is 0.688. The lowest BCUT2D eigenvalue weighted by Gasteiger charge is -2.05. The van der Waals surface area contributed by atoms with E-state index in [0.717, 1.165) is 14.6 Å². The zero-order chi connectivity index (χ0) is 10.1. The molecule has 0 aliphatic rings.